The van der Waals surface area contributed by atoms with Gasteiger partial charge in [0.15, 0.2) is 0 Å². The average Bonchev–Trinajstić information content (AvgIpc) is 3.20. The third kappa shape index (κ3) is 3.39. The normalized spacial score (nSPS) is 18.0. The summed E-state index contributed by atoms with van der Waals surface area (Å²) in [5.41, 5.74) is 0.709. The van der Waals surface area contributed by atoms with Gasteiger partial charge in [0.05, 0.1) is 22.3 Å². The Balaban J connectivity index is 1.48. The zero-order valence-electron chi connectivity index (χ0n) is 13.0. The van der Waals surface area contributed by atoms with Crippen LogP contribution in [0.3, 0.4) is 0 Å². The van der Waals surface area contributed by atoms with Crippen molar-refractivity contribution in [3.63, 3.8) is 0 Å². The van der Waals surface area contributed by atoms with Crippen LogP contribution >= 0.6 is 11.3 Å². The standard InChI is InChI=1S/C17H14F3N3OS/c18-17(19,20)11-1-2-15-14(9-11)22-16(25-15)24-13-5-8-23(10-13)12-3-6-21-7-4-12/h1-4,6-7,9,13H,5,8,10H2/t13-/m1/s1. The predicted octanol–water partition coefficient (Wildman–Crippen LogP) is 4.37. The van der Waals surface area contributed by atoms with E-state index >= 15 is 0 Å². The molecule has 1 aliphatic rings. The molecule has 0 amide bonds. The fourth-order valence-corrected chi connectivity index (χ4v) is 3.75. The molecule has 8 heteroatoms. The van der Waals surface area contributed by atoms with Gasteiger partial charge in [0.2, 0.25) is 0 Å². The molecule has 0 spiro atoms. The zero-order valence-corrected chi connectivity index (χ0v) is 13.8. The van der Waals surface area contributed by atoms with Crippen LogP contribution in [0.25, 0.3) is 10.2 Å². The van der Waals surface area contributed by atoms with Gasteiger partial charge in [0.25, 0.3) is 5.19 Å². The van der Waals surface area contributed by atoms with Gasteiger partial charge in [-0.15, -0.1) is 0 Å². The number of pyridine rings is 1. The van der Waals surface area contributed by atoms with E-state index in [1.54, 1.807) is 12.4 Å². The molecule has 1 fully saturated rings. The SMILES string of the molecule is FC(F)(F)c1ccc2sc(O[C@@H]3CCN(c4ccncc4)C3)nc2c1. The van der Waals surface area contributed by atoms with Crippen molar-refractivity contribution in [1.82, 2.24) is 9.97 Å². The van der Waals surface area contributed by atoms with Crippen LogP contribution in [0.2, 0.25) is 0 Å². The maximum Gasteiger partial charge on any atom is 0.416 e. The van der Waals surface area contributed by atoms with Gasteiger partial charge >= 0.3 is 6.18 Å². The molecule has 0 unspecified atom stereocenters. The lowest BCUT2D eigenvalue weighted by Gasteiger charge is -2.17. The van der Waals surface area contributed by atoms with Crippen LogP contribution in [0.15, 0.2) is 42.7 Å². The Morgan fingerprint density at radius 3 is 2.72 bits per heavy atom. The summed E-state index contributed by atoms with van der Waals surface area (Å²) in [6.45, 7) is 1.57. The Kier molecular flexibility index (Phi) is 3.99. The highest BCUT2D eigenvalue weighted by molar-refractivity contribution is 7.20. The molecule has 0 bridgehead atoms. The minimum atomic E-state index is -4.37. The molecule has 1 saturated heterocycles. The van der Waals surface area contributed by atoms with Crippen LogP contribution in [0.4, 0.5) is 18.9 Å². The molecular formula is C17H14F3N3OS. The minimum absolute atomic E-state index is 0.0317. The number of thiazole rings is 1. The number of aromatic nitrogens is 2. The van der Waals surface area contributed by atoms with Gasteiger partial charge in [-0.1, -0.05) is 11.3 Å². The van der Waals surface area contributed by atoms with E-state index in [0.29, 0.717) is 22.0 Å². The van der Waals surface area contributed by atoms with Crippen LogP contribution in [0.5, 0.6) is 5.19 Å². The van der Waals surface area contributed by atoms with Crippen molar-refractivity contribution in [2.45, 2.75) is 18.7 Å². The van der Waals surface area contributed by atoms with E-state index in [1.807, 2.05) is 12.1 Å². The third-order valence-electron chi connectivity index (χ3n) is 4.14. The van der Waals surface area contributed by atoms with Crippen molar-refractivity contribution < 1.29 is 17.9 Å². The summed E-state index contributed by atoms with van der Waals surface area (Å²) in [4.78, 5) is 10.4. The second-order valence-electron chi connectivity index (χ2n) is 5.84. The van der Waals surface area contributed by atoms with Gasteiger partial charge in [-0.2, -0.15) is 13.2 Å². The smallest absolute Gasteiger partial charge is 0.416 e. The van der Waals surface area contributed by atoms with Crippen molar-refractivity contribution in [2.24, 2.45) is 0 Å². The van der Waals surface area contributed by atoms with Crippen molar-refractivity contribution in [2.75, 3.05) is 18.0 Å². The van der Waals surface area contributed by atoms with Crippen LogP contribution in [0, 0.1) is 0 Å². The van der Waals surface area contributed by atoms with Crippen LogP contribution < -0.4 is 9.64 Å². The Morgan fingerprint density at radius 1 is 1.16 bits per heavy atom. The fourth-order valence-electron chi connectivity index (χ4n) is 2.89. The highest BCUT2D eigenvalue weighted by atomic mass is 32.1. The summed E-state index contributed by atoms with van der Waals surface area (Å²) in [6, 6.07) is 7.47. The summed E-state index contributed by atoms with van der Waals surface area (Å²) in [6.07, 6.45) is -0.0674. The number of hydrogen-bond donors (Lipinski definition) is 0. The Labute approximate surface area is 145 Å². The predicted molar refractivity (Wildman–Crippen MR) is 90.1 cm³/mol. The van der Waals surface area contributed by atoms with E-state index < -0.39 is 11.7 Å². The van der Waals surface area contributed by atoms with E-state index in [9.17, 15) is 13.2 Å². The summed E-state index contributed by atoms with van der Waals surface area (Å²) in [5.74, 6) is 0. The number of anilines is 1. The molecule has 25 heavy (non-hydrogen) atoms. The van der Waals surface area contributed by atoms with Gasteiger partial charge in [-0.05, 0) is 30.3 Å². The zero-order chi connectivity index (χ0) is 17.4. The number of nitrogens with zero attached hydrogens (tertiary/aromatic N) is 3. The number of alkyl halides is 3. The van der Waals surface area contributed by atoms with Crippen molar-refractivity contribution in [1.29, 1.82) is 0 Å². The van der Waals surface area contributed by atoms with Crippen molar-refractivity contribution >= 4 is 27.2 Å². The number of rotatable bonds is 3. The van der Waals surface area contributed by atoms with Crippen molar-refractivity contribution in [3.05, 3.63) is 48.3 Å². The molecule has 1 aromatic carbocycles. The summed E-state index contributed by atoms with van der Waals surface area (Å²) < 4.78 is 45.0. The Hall–Kier alpha value is -2.35. The minimum Gasteiger partial charge on any atom is -0.465 e. The monoisotopic (exact) mass is 365 g/mol. The first kappa shape index (κ1) is 16.1. The van der Waals surface area contributed by atoms with E-state index in [0.717, 1.165) is 30.8 Å². The van der Waals surface area contributed by atoms with Gasteiger partial charge < -0.3 is 9.64 Å². The quantitative estimate of drug-likeness (QED) is 0.691. The van der Waals surface area contributed by atoms with Crippen LogP contribution in [-0.2, 0) is 6.18 Å². The van der Waals surface area contributed by atoms with Gasteiger partial charge in [0, 0.05) is 31.0 Å². The highest BCUT2D eigenvalue weighted by Crippen LogP contribution is 2.35. The van der Waals surface area contributed by atoms with Gasteiger partial charge in [0.1, 0.15) is 6.10 Å². The first-order valence-corrected chi connectivity index (χ1v) is 8.60. The van der Waals surface area contributed by atoms with Gasteiger partial charge in [-0.25, -0.2) is 4.98 Å². The lowest BCUT2D eigenvalue weighted by atomic mass is 10.2. The summed E-state index contributed by atoms with van der Waals surface area (Å²) >= 11 is 1.27. The topological polar surface area (TPSA) is 38.2 Å². The lowest BCUT2D eigenvalue weighted by molar-refractivity contribution is -0.137. The molecule has 1 atom stereocenters. The maximum absolute atomic E-state index is 12.8. The van der Waals surface area contributed by atoms with Crippen molar-refractivity contribution in [3.8, 4) is 5.19 Å². The molecular weight excluding hydrogens is 351 g/mol. The molecule has 0 aliphatic carbocycles. The molecule has 3 heterocycles. The Bertz CT molecular complexity index is 882. The summed E-state index contributed by atoms with van der Waals surface area (Å²) in [5, 5.41) is 0.413. The second kappa shape index (κ2) is 6.18. The molecule has 0 radical (unpaired) electrons. The number of hydrogen-bond acceptors (Lipinski definition) is 5. The number of ether oxygens (including phenoxy) is 1. The molecule has 0 N–H and O–H groups in total. The number of halogens is 3. The molecule has 2 aromatic heterocycles. The highest BCUT2D eigenvalue weighted by Gasteiger charge is 2.31. The second-order valence-corrected chi connectivity index (χ2v) is 6.83. The molecule has 4 nitrogen and oxygen atoms in total. The van der Waals surface area contributed by atoms with E-state index in [2.05, 4.69) is 14.9 Å². The molecule has 130 valence electrons. The van der Waals surface area contributed by atoms with Crippen LogP contribution in [0.1, 0.15) is 12.0 Å². The number of benzene rings is 1. The van der Waals surface area contributed by atoms with Gasteiger partial charge in [-0.3, -0.25) is 4.98 Å². The lowest BCUT2D eigenvalue weighted by Crippen LogP contribution is -2.24. The first-order valence-electron chi connectivity index (χ1n) is 7.78. The van der Waals surface area contributed by atoms with E-state index in [1.165, 1.54) is 17.4 Å². The van der Waals surface area contributed by atoms with Crippen LogP contribution in [-0.4, -0.2) is 29.2 Å². The summed E-state index contributed by atoms with van der Waals surface area (Å²) in [7, 11) is 0. The number of fused-ring (bicyclic) bond motifs is 1. The third-order valence-corrected chi connectivity index (χ3v) is 5.06. The molecule has 4 rings (SSSR count). The van der Waals surface area contributed by atoms with E-state index in [4.69, 9.17) is 4.74 Å². The fraction of sp³-hybridized carbons (Fsp3) is 0.294. The molecule has 1 aliphatic heterocycles. The first-order chi connectivity index (χ1) is 12.0. The maximum atomic E-state index is 12.8. The largest absolute Gasteiger partial charge is 0.465 e. The van der Waals surface area contributed by atoms with E-state index in [-0.39, 0.29) is 6.10 Å². The molecule has 3 aromatic rings. The molecule has 0 saturated carbocycles. The Morgan fingerprint density at radius 2 is 1.96 bits per heavy atom. The average molecular weight is 365 g/mol.